The van der Waals surface area contributed by atoms with Crippen LogP contribution in [0.25, 0.3) is 11.4 Å². The fourth-order valence-electron chi connectivity index (χ4n) is 9.49. The number of hydrogen-bond donors (Lipinski definition) is 5. The summed E-state index contributed by atoms with van der Waals surface area (Å²) in [7, 11) is 2.12. The molecule has 0 saturated carbocycles. The highest BCUT2D eigenvalue weighted by molar-refractivity contribution is 6.07. The molecule has 372 valence electrons. The van der Waals surface area contributed by atoms with E-state index in [4.69, 9.17) is 23.9 Å². The monoisotopic (exact) mass is 968 g/mol. The zero-order valence-electron chi connectivity index (χ0n) is 39.9. The third kappa shape index (κ3) is 11.9. The number of likely N-dealkylation sites (tertiary alicyclic amines) is 1. The second-order valence-corrected chi connectivity index (χ2v) is 18.4. The molecule has 9 rings (SSSR count). The predicted molar refractivity (Wildman–Crippen MR) is 262 cm³/mol. The first-order valence-corrected chi connectivity index (χ1v) is 24.4. The summed E-state index contributed by atoms with van der Waals surface area (Å²) >= 11 is 0. The van der Waals surface area contributed by atoms with Crippen LogP contribution in [-0.2, 0) is 35.9 Å². The molecule has 2 fully saturated rings. The summed E-state index contributed by atoms with van der Waals surface area (Å²) in [6.07, 6.45) is 9.36. The smallest absolute Gasteiger partial charge is 0.255 e. The minimum absolute atomic E-state index is 0.158. The molecule has 71 heavy (non-hydrogen) atoms. The number of hydrogen-bond acceptors (Lipinski definition) is 14. The van der Waals surface area contributed by atoms with E-state index in [1.165, 1.54) is 4.90 Å². The van der Waals surface area contributed by atoms with Crippen molar-refractivity contribution in [1.82, 2.24) is 40.6 Å². The van der Waals surface area contributed by atoms with Gasteiger partial charge in [-0.2, -0.15) is 5.10 Å². The number of carbonyl (C=O) groups excluding carboxylic acids is 5. The number of pyridine rings is 1. The highest BCUT2D eigenvalue weighted by Gasteiger charge is 2.41. The van der Waals surface area contributed by atoms with Gasteiger partial charge in [-0.15, -0.1) is 0 Å². The van der Waals surface area contributed by atoms with Crippen LogP contribution in [0, 0.1) is 0 Å². The molecular weight excluding hydrogens is 909 g/mol. The van der Waals surface area contributed by atoms with Crippen LogP contribution in [0.5, 0.6) is 11.5 Å². The van der Waals surface area contributed by atoms with Gasteiger partial charge in [-0.25, -0.2) is 4.98 Å². The standard InChI is InChI=1S/C52H60N10O9/c1-61-23-19-52(20-24-61,51-57-47(59-60-51)34-16-21-53-22-17-34)58-36-9-5-8-35(30-36)48(65)55-42-18-29-71-44-14-12-37(31-39(42)44)70-28-4-2-3-25-68-26-7-27-69-33-46(64)54-41-11-6-10-38-40(41)32-62(50(38)67)43-13-15-45(63)56-49(43)66/h5-6,8-12,14,16-17,21-22,30-31,42-43,58H,2-4,7,13,15,18-20,23-29,32-33H2,1H3,(H,54,64)(H,55,65)(H,56,63,66)(H,57,59,60)/t42-,43?/m1/s1. The zero-order valence-corrected chi connectivity index (χ0v) is 39.9. The van der Waals surface area contributed by atoms with Gasteiger partial charge in [0.05, 0.1) is 24.8 Å². The third-order valence-corrected chi connectivity index (χ3v) is 13.4. The Morgan fingerprint density at radius 2 is 1.69 bits per heavy atom. The lowest BCUT2D eigenvalue weighted by Crippen LogP contribution is -2.52. The van der Waals surface area contributed by atoms with Crippen LogP contribution in [0.2, 0.25) is 0 Å². The molecule has 0 aliphatic carbocycles. The summed E-state index contributed by atoms with van der Waals surface area (Å²) in [4.78, 5) is 76.5. The molecule has 2 atom stereocenters. The Balaban J connectivity index is 0.669. The van der Waals surface area contributed by atoms with Crippen LogP contribution in [-0.4, -0.2) is 125 Å². The molecule has 6 heterocycles. The minimum atomic E-state index is -0.733. The number of imide groups is 1. The number of carbonyl (C=O) groups is 5. The van der Waals surface area contributed by atoms with Gasteiger partial charge in [-0.1, -0.05) is 12.1 Å². The molecule has 0 radical (unpaired) electrons. The van der Waals surface area contributed by atoms with Crippen LogP contribution in [0.4, 0.5) is 11.4 Å². The van der Waals surface area contributed by atoms with E-state index in [0.29, 0.717) is 79.8 Å². The number of H-pyrrole nitrogens is 1. The first-order chi connectivity index (χ1) is 34.6. The average Bonchev–Trinajstić information content (AvgIpc) is 4.02. The van der Waals surface area contributed by atoms with Gasteiger partial charge in [0.1, 0.15) is 24.1 Å². The van der Waals surface area contributed by atoms with Crippen molar-refractivity contribution in [3.8, 4) is 22.9 Å². The van der Waals surface area contributed by atoms with Crippen LogP contribution in [0.15, 0.2) is 85.2 Å². The number of ether oxygens (including phenoxy) is 4. The van der Waals surface area contributed by atoms with Crippen molar-refractivity contribution in [3.05, 3.63) is 113 Å². The molecule has 2 saturated heterocycles. The van der Waals surface area contributed by atoms with Gasteiger partial charge in [-0.3, -0.25) is 39.4 Å². The average molecular weight is 969 g/mol. The van der Waals surface area contributed by atoms with E-state index < -0.39 is 17.5 Å². The zero-order chi connectivity index (χ0) is 49.2. The lowest BCUT2D eigenvalue weighted by Gasteiger charge is -2.40. The maximum atomic E-state index is 13.9. The minimum Gasteiger partial charge on any atom is -0.494 e. The van der Waals surface area contributed by atoms with Gasteiger partial charge in [0.15, 0.2) is 11.6 Å². The molecule has 19 heteroatoms. The summed E-state index contributed by atoms with van der Waals surface area (Å²) in [5.41, 5.74) is 4.18. The van der Waals surface area contributed by atoms with Crippen molar-refractivity contribution >= 4 is 40.9 Å². The molecule has 5 N–H and O–H groups in total. The van der Waals surface area contributed by atoms with Crippen molar-refractivity contribution in [1.29, 1.82) is 0 Å². The molecule has 4 aliphatic heterocycles. The van der Waals surface area contributed by atoms with Crippen LogP contribution in [0.1, 0.15) is 101 Å². The number of aromatic amines is 1. The molecule has 5 amide bonds. The Hall–Kier alpha value is -7.22. The van der Waals surface area contributed by atoms with Crippen LogP contribution in [0.3, 0.4) is 0 Å². The summed E-state index contributed by atoms with van der Waals surface area (Å²) in [5, 5.41) is 19.9. The first-order valence-electron chi connectivity index (χ1n) is 24.4. The number of aromatic nitrogens is 4. The lowest BCUT2D eigenvalue weighted by molar-refractivity contribution is -0.137. The molecule has 3 aromatic carbocycles. The molecule has 0 bridgehead atoms. The van der Waals surface area contributed by atoms with E-state index in [1.807, 2.05) is 54.6 Å². The Morgan fingerprint density at radius 1 is 0.887 bits per heavy atom. The van der Waals surface area contributed by atoms with Gasteiger partial charge in [0, 0.05) is 104 Å². The predicted octanol–water partition coefficient (Wildman–Crippen LogP) is 5.53. The maximum absolute atomic E-state index is 13.9. The van der Waals surface area contributed by atoms with Crippen molar-refractivity contribution in [2.75, 3.05) is 70.4 Å². The number of amides is 5. The fraction of sp³-hybridized carbons (Fsp3) is 0.423. The van der Waals surface area contributed by atoms with Gasteiger partial charge in [-0.05, 0) is 113 Å². The fourth-order valence-corrected chi connectivity index (χ4v) is 9.49. The molecule has 1 unspecified atom stereocenters. The number of fused-ring (bicyclic) bond motifs is 2. The molecule has 4 aliphatic rings. The van der Waals surface area contributed by atoms with E-state index in [9.17, 15) is 24.0 Å². The SMILES string of the molecule is CN1CCC(Nc2cccc(C(=O)N[C@@H]3CCOc4ccc(OCCCCCOCCCOCC(=O)Nc5cccc6c5CN(C5CCC(=O)NC5=O)C6=O)cc43)c2)(c2nc(-c3ccncc3)n[nH]2)CC1. The number of benzene rings is 3. The normalized spacial score (nSPS) is 18.5. The lowest BCUT2D eigenvalue weighted by atomic mass is 9.86. The van der Waals surface area contributed by atoms with E-state index in [0.717, 1.165) is 73.6 Å². The number of unbranched alkanes of at least 4 members (excludes halogenated alkanes) is 2. The number of anilines is 2. The second kappa shape index (κ2) is 22.7. The Bertz CT molecular complexity index is 2710. The number of piperidine rings is 2. The molecular formula is C52H60N10O9. The number of nitrogens with zero attached hydrogens (tertiary/aromatic N) is 5. The maximum Gasteiger partial charge on any atom is 0.255 e. The quantitative estimate of drug-likeness (QED) is 0.0450. The summed E-state index contributed by atoms with van der Waals surface area (Å²) in [5.74, 6) is 1.15. The van der Waals surface area contributed by atoms with E-state index in [-0.39, 0.29) is 55.7 Å². The highest BCUT2D eigenvalue weighted by Crippen LogP contribution is 2.38. The highest BCUT2D eigenvalue weighted by atomic mass is 16.5. The molecule has 0 spiro atoms. The molecule has 2 aromatic heterocycles. The Kier molecular flexibility index (Phi) is 15.6. The van der Waals surface area contributed by atoms with E-state index in [2.05, 4.69) is 48.4 Å². The Morgan fingerprint density at radius 3 is 2.54 bits per heavy atom. The van der Waals surface area contributed by atoms with Crippen molar-refractivity contribution in [2.45, 2.75) is 82.0 Å². The summed E-state index contributed by atoms with van der Waals surface area (Å²) in [6, 6.07) is 21.2. The Labute approximate surface area is 411 Å². The van der Waals surface area contributed by atoms with E-state index >= 15 is 0 Å². The molecule has 5 aromatic rings. The van der Waals surface area contributed by atoms with Gasteiger partial charge >= 0.3 is 0 Å². The number of nitrogens with one attached hydrogen (secondary N) is 5. The topological polar surface area (TPSA) is 231 Å². The van der Waals surface area contributed by atoms with E-state index in [1.54, 1.807) is 30.6 Å². The first kappa shape index (κ1) is 48.8. The van der Waals surface area contributed by atoms with Gasteiger partial charge in [0.25, 0.3) is 11.8 Å². The van der Waals surface area contributed by atoms with Crippen LogP contribution >= 0.6 is 0 Å². The summed E-state index contributed by atoms with van der Waals surface area (Å²) in [6.45, 7) is 4.21. The van der Waals surface area contributed by atoms with Gasteiger partial charge < -0.3 is 44.7 Å². The molecule has 19 nitrogen and oxygen atoms in total. The van der Waals surface area contributed by atoms with Crippen molar-refractivity contribution in [2.24, 2.45) is 0 Å². The van der Waals surface area contributed by atoms with Crippen molar-refractivity contribution in [3.63, 3.8) is 0 Å². The van der Waals surface area contributed by atoms with Crippen molar-refractivity contribution < 1.29 is 42.9 Å². The van der Waals surface area contributed by atoms with Gasteiger partial charge in [0.2, 0.25) is 17.7 Å². The van der Waals surface area contributed by atoms with Crippen LogP contribution < -0.4 is 30.7 Å². The largest absolute Gasteiger partial charge is 0.494 e. The third-order valence-electron chi connectivity index (χ3n) is 13.4. The summed E-state index contributed by atoms with van der Waals surface area (Å²) < 4.78 is 23.5. The second-order valence-electron chi connectivity index (χ2n) is 18.4. The number of rotatable bonds is 21.